The molecule has 13 rings (SSSR count). The zero-order chi connectivity index (χ0) is 40.8. The van der Waals surface area contributed by atoms with E-state index in [0.717, 1.165) is 22.7 Å². The van der Waals surface area contributed by atoms with Gasteiger partial charge in [0.1, 0.15) is 0 Å². The zero-order valence-corrected chi connectivity index (χ0v) is 34.6. The van der Waals surface area contributed by atoms with Crippen LogP contribution in [0, 0.1) is 0 Å². The third-order valence-electron chi connectivity index (χ3n) is 13.2. The number of fused-ring (bicyclic) bond motifs is 14. The maximum Gasteiger partial charge on any atom is 0.0735 e. The monoisotopic (exact) mass is 806 g/mol. The van der Waals surface area contributed by atoms with Crippen molar-refractivity contribution in [2.24, 2.45) is 0 Å². The van der Waals surface area contributed by atoms with Gasteiger partial charge in [-0.05, 0) is 117 Å². The quantitative estimate of drug-likeness (QED) is 0.171. The van der Waals surface area contributed by atoms with Gasteiger partial charge in [0, 0.05) is 48.7 Å². The number of anilines is 3. The second-order valence-corrected chi connectivity index (χ2v) is 17.5. The molecular weight excluding hydrogens is 769 g/mol. The molecule has 11 aromatic rings. The number of para-hydroxylation sites is 1. The summed E-state index contributed by atoms with van der Waals surface area (Å²) in [5.74, 6) is 0. The molecule has 0 fully saturated rings. The summed E-state index contributed by atoms with van der Waals surface area (Å²) in [6.45, 7) is 0. The molecule has 2 heterocycles. The predicted octanol–water partition coefficient (Wildman–Crippen LogP) is 15.9. The van der Waals surface area contributed by atoms with E-state index in [1.54, 1.807) is 0 Å². The summed E-state index contributed by atoms with van der Waals surface area (Å²) in [6, 6.07) is 85.1. The Bertz CT molecular complexity index is 3490. The highest BCUT2D eigenvalue weighted by molar-refractivity contribution is 7.99. The van der Waals surface area contributed by atoms with E-state index in [2.05, 4.69) is 240 Å². The van der Waals surface area contributed by atoms with E-state index >= 15 is 0 Å². The molecule has 2 nitrogen and oxygen atoms in total. The standard InChI is InChI=1S/C59H38N2S/c1-3-15-39(16-4-1)40-27-30-43(31-28-40)60(42-18-5-2-6-19-42)44-32-34-45(35-33-44)61-55-38-57-54(37-50(55)49-36-29-41-17-7-8-20-46(41)58(49)61)59(53-25-13-14-26-56(53)62-57)51-23-11-9-21-47(51)48-22-10-12-24-52(48)59/h1-38H. The van der Waals surface area contributed by atoms with Gasteiger partial charge in [0.2, 0.25) is 0 Å². The molecule has 1 aliphatic carbocycles. The fraction of sp³-hybridized carbons (Fsp3) is 0.0169. The molecule has 0 radical (unpaired) electrons. The predicted molar refractivity (Wildman–Crippen MR) is 260 cm³/mol. The summed E-state index contributed by atoms with van der Waals surface area (Å²) in [5.41, 5.74) is 16.9. The number of rotatable bonds is 5. The summed E-state index contributed by atoms with van der Waals surface area (Å²) in [6.07, 6.45) is 0. The van der Waals surface area contributed by atoms with Gasteiger partial charge < -0.3 is 9.47 Å². The summed E-state index contributed by atoms with van der Waals surface area (Å²) in [7, 11) is 0. The molecule has 290 valence electrons. The largest absolute Gasteiger partial charge is 0.311 e. The summed E-state index contributed by atoms with van der Waals surface area (Å²) >= 11 is 1.91. The number of benzene rings is 10. The number of hydrogen-bond acceptors (Lipinski definition) is 2. The third-order valence-corrected chi connectivity index (χ3v) is 14.4. The smallest absolute Gasteiger partial charge is 0.0735 e. The third kappa shape index (κ3) is 5.06. The van der Waals surface area contributed by atoms with Crippen LogP contribution in [0.2, 0.25) is 0 Å². The van der Waals surface area contributed by atoms with E-state index in [1.165, 1.54) is 86.9 Å². The second kappa shape index (κ2) is 13.7. The Morgan fingerprint density at radius 3 is 1.66 bits per heavy atom. The van der Waals surface area contributed by atoms with Crippen LogP contribution in [0.3, 0.4) is 0 Å². The first kappa shape index (κ1) is 35.2. The molecule has 0 saturated heterocycles. The molecule has 0 atom stereocenters. The molecule has 0 amide bonds. The topological polar surface area (TPSA) is 8.17 Å². The average Bonchev–Trinajstić information content (AvgIpc) is 3.83. The van der Waals surface area contributed by atoms with Crippen molar-refractivity contribution < 1.29 is 0 Å². The Morgan fingerprint density at radius 1 is 0.371 bits per heavy atom. The second-order valence-electron chi connectivity index (χ2n) is 16.4. The zero-order valence-electron chi connectivity index (χ0n) is 33.7. The van der Waals surface area contributed by atoms with Crippen LogP contribution >= 0.6 is 11.8 Å². The Balaban J connectivity index is 1.03. The maximum absolute atomic E-state index is 2.55. The minimum atomic E-state index is -0.439. The van der Waals surface area contributed by atoms with Gasteiger partial charge in [-0.25, -0.2) is 0 Å². The Labute approximate surface area is 365 Å². The van der Waals surface area contributed by atoms with Crippen LogP contribution in [-0.4, -0.2) is 4.57 Å². The first-order valence-electron chi connectivity index (χ1n) is 21.3. The fourth-order valence-electron chi connectivity index (χ4n) is 10.6. The van der Waals surface area contributed by atoms with Crippen LogP contribution in [0.4, 0.5) is 17.1 Å². The normalized spacial score (nSPS) is 13.2. The van der Waals surface area contributed by atoms with Crippen molar-refractivity contribution in [2.45, 2.75) is 15.2 Å². The van der Waals surface area contributed by atoms with Crippen LogP contribution in [-0.2, 0) is 5.41 Å². The molecule has 1 aromatic heterocycles. The highest BCUT2D eigenvalue weighted by Crippen LogP contribution is 2.63. The molecule has 1 spiro atoms. The van der Waals surface area contributed by atoms with Gasteiger partial charge >= 0.3 is 0 Å². The van der Waals surface area contributed by atoms with Crippen molar-refractivity contribution in [3.63, 3.8) is 0 Å². The molecule has 0 N–H and O–H groups in total. The molecule has 0 unspecified atom stereocenters. The first-order valence-corrected chi connectivity index (χ1v) is 22.2. The van der Waals surface area contributed by atoms with Gasteiger partial charge in [-0.1, -0.05) is 176 Å². The van der Waals surface area contributed by atoms with E-state index in [0.29, 0.717) is 0 Å². The fourth-order valence-corrected chi connectivity index (χ4v) is 11.8. The van der Waals surface area contributed by atoms with E-state index in [-0.39, 0.29) is 0 Å². The molecule has 1 aliphatic heterocycles. The van der Waals surface area contributed by atoms with Crippen molar-refractivity contribution in [3.05, 3.63) is 253 Å². The lowest BCUT2D eigenvalue weighted by molar-refractivity contribution is 0.724. The summed E-state index contributed by atoms with van der Waals surface area (Å²) < 4.78 is 2.52. The van der Waals surface area contributed by atoms with Crippen molar-refractivity contribution in [3.8, 4) is 27.9 Å². The van der Waals surface area contributed by atoms with Crippen LogP contribution < -0.4 is 4.90 Å². The molecule has 62 heavy (non-hydrogen) atoms. The minimum Gasteiger partial charge on any atom is -0.311 e. The van der Waals surface area contributed by atoms with Crippen molar-refractivity contribution in [2.75, 3.05) is 4.90 Å². The highest BCUT2D eigenvalue weighted by atomic mass is 32.2. The molecule has 2 aliphatic rings. The summed E-state index contributed by atoms with van der Waals surface area (Å²) in [4.78, 5) is 4.95. The van der Waals surface area contributed by atoms with E-state index in [1.807, 2.05) is 11.8 Å². The van der Waals surface area contributed by atoms with Gasteiger partial charge in [0.15, 0.2) is 0 Å². The molecular formula is C59H38N2S. The van der Waals surface area contributed by atoms with Gasteiger partial charge in [0.25, 0.3) is 0 Å². The first-order chi connectivity index (χ1) is 30.8. The lowest BCUT2D eigenvalue weighted by Crippen LogP contribution is -2.31. The van der Waals surface area contributed by atoms with Gasteiger partial charge in [-0.3, -0.25) is 0 Å². The van der Waals surface area contributed by atoms with E-state index < -0.39 is 5.41 Å². The van der Waals surface area contributed by atoms with Gasteiger partial charge in [0.05, 0.1) is 16.4 Å². The number of nitrogens with zero attached hydrogens (tertiary/aromatic N) is 2. The lowest BCUT2D eigenvalue weighted by Gasteiger charge is -2.39. The molecule has 0 saturated carbocycles. The lowest BCUT2D eigenvalue weighted by atomic mass is 9.67. The van der Waals surface area contributed by atoms with Gasteiger partial charge in [-0.2, -0.15) is 0 Å². The van der Waals surface area contributed by atoms with E-state index in [4.69, 9.17) is 0 Å². The number of aromatic nitrogens is 1. The average molecular weight is 807 g/mol. The van der Waals surface area contributed by atoms with E-state index in [9.17, 15) is 0 Å². The van der Waals surface area contributed by atoms with Crippen molar-refractivity contribution in [1.82, 2.24) is 4.57 Å². The highest BCUT2D eigenvalue weighted by Gasteiger charge is 2.50. The Hall–Kier alpha value is -7.59. The SMILES string of the molecule is c1ccc(-c2ccc(N(c3ccccc3)c3ccc(-n4c5cc6c(cc5c5ccc7ccccc7c54)C4(c5ccccc5S6)c5ccccc5-c5ccccc54)cc3)cc2)cc1. The van der Waals surface area contributed by atoms with Crippen LogP contribution in [0.5, 0.6) is 0 Å². The Kier molecular flexibility index (Phi) is 7.79. The molecule has 3 heteroatoms. The van der Waals surface area contributed by atoms with Crippen LogP contribution in [0.25, 0.3) is 60.5 Å². The maximum atomic E-state index is 2.55. The van der Waals surface area contributed by atoms with Crippen molar-refractivity contribution >= 4 is 61.4 Å². The van der Waals surface area contributed by atoms with Crippen LogP contribution in [0.15, 0.2) is 240 Å². The Morgan fingerprint density at radius 2 is 0.935 bits per heavy atom. The summed E-state index contributed by atoms with van der Waals surface area (Å²) in [5, 5.41) is 5.00. The molecule has 0 bridgehead atoms. The number of hydrogen-bond donors (Lipinski definition) is 0. The van der Waals surface area contributed by atoms with Crippen molar-refractivity contribution in [1.29, 1.82) is 0 Å². The van der Waals surface area contributed by atoms with Crippen LogP contribution in [0.1, 0.15) is 22.3 Å². The minimum absolute atomic E-state index is 0.439. The molecule has 10 aromatic carbocycles. The van der Waals surface area contributed by atoms with Gasteiger partial charge in [-0.15, -0.1) is 0 Å².